The number of amides is 1. The molecule has 9 nitrogen and oxygen atoms in total. The molecule has 9 heteroatoms. The minimum Gasteiger partial charge on any atom is -0.507 e. The van der Waals surface area contributed by atoms with Crippen LogP contribution in [0.1, 0.15) is 39.0 Å². The first kappa shape index (κ1) is 22.4. The fraction of sp³-hybridized carbons (Fsp3) is 0.231. The zero-order valence-corrected chi connectivity index (χ0v) is 19.8. The molecule has 1 aliphatic heterocycles. The highest BCUT2D eigenvalue weighted by Crippen LogP contribution is 2.48. The van der Waals surface area contributed by atoms with Gasteiger partial charge in [-0.05, 0) is 48.9 Å². The summed E-state index contributed by atoms with van der Waals surface area (Å²) >= 11 is 0. The highest BCUT2D eigenvalue weighted by atomic mass is 16.5. The number of carbonyl (C=O) groups excluding carboxylic acids is 1. The fourth-order valence-corrected chi connectivity index (χ4v) is 4.58. The minimum atomic E-state index is -0.565. The summed E-state index contributed by atoms with van der Waals surface area (Å²) in [6.07, 6.45) is 1.57. The lowest BCUT2D eigenvalue weighted by atomic mass is 9.94. The Balaban J connectivity index is 1.74. The number of hydrogen-bond donors (Lipinski definition) is 2. The molecule has 0 fully saturated rings. The molecule has 0 bridgehead atoms. The minimum absolute atomic E-state index is 0.0745. The van der Waals surface area contributed by atoms with E-state index in [1.54, 1.807) is 37.5 Å². The van der Waals surface area contributed by atoms with E-state index in [2.05, 4.69) is 10.2 Å². The van der Waals surface area contributed by atoms with Gasteiger partial charge in [-0.1, -0.05) is 11.6 Å². The maximum absolute atomic E-state index is 13.6. The smallest absolute Gasteiger partial charge is 0.273 e. The largest absolute Gasteiger partial charge is 0.507 e. The second kappa shape index (κ2) is 8.75. The number of aromatic nitrogens is 2. The molecule has 1 amide bonds. The maximum Gasteiger partial charge on any atom is 0.273 e. The molecule has 0 saturated heterocycles. The summed E-state index contributed by atoms with van der Waals surface area (Å²) < 4.78 is 22.2. The van der Waals surface area contributed by atoms with Crippen LogP contribution >= 0.6 is 0 Å². The van der Waals surface area contributed by atoms with Crippen molar-refractivity contribution >= 4 is 5.91 Å². The maximum atomic E-state index is 13.6. The number of carbonyl (C=O) groups is 1. The van der Waals surface area contributed by atoms with Gasteiger partial charge in [0.1, 0.15) is 22.9 Å². The van der Waals surface area contributed by atoms with Crippen molar-refractivity contribution in [1.82, 2.24) is 15.1 Å². The lowest BCUT2D eigenvalue weighted by Gasteiger charge is -2.27. The van der Waals surface area contributed by atoms with Crippen LogP contribution in [0, 0.1) is 6.92 Å². The second-order valence-electron chi connectivity index (χ2n) is 8.26. The SMILES string of the molecule is COc1cc([C@@H]2c3c(-c4cc(C)ccc4O)n[nH]c3C(=O)N2Cc2ccco2)cc(OC)c1OC. The molecule has 4 aromatic rings. The summed E-state index contributed by atoms with van der Waals surface area (Å²) in [4.78, 5) is 15.3. The van der Waals surface area contributed by atoms with Crippen LogP contribution in [0.2, 0.25) is 0 Å². The highest BCUT2D eigenvalue weighted by molar-refractivity contribution is 6.00. The number of hydrogen-bond acceptors (Lipinski definition) is 7. The molecule has 1 aliphatic rings. The first-order chi connectivity index (χ1) is 17.0. The number of nitrogens with zero attached hydrogens (tertiary/aromatic N) is 2. The molecule has 0 spiro atoms. The van der Waals surface area contributed by atoms with Gasteiger partial charge in [0.05, 0.1) is 40.2 Å². The lowest BCUT2D eigenvalue weighted by molar-refractivity contribution is 0.0716. The van der Waals surface area contributed by atoms with Crippen LogP contribution in [0.4, 0.5) is 0 Å². The average Bonchev–Trinajstić information content (AvgIpc) is 3.59. The third-order valence-corrected chi connectivity index (χ3v) is 6.18. The summed E-state index contributed by atoms with van der Waals surface area (Å²) in [7, 11) is 4.62. The molecule has 5 rings (SSSR count). The Morgan fingerprint density at radius 1 is 1.09 bits per heavy atom. The first-order valence-electron chi connectivity index (χ1n) is 11.0. The van der Waals surface area contributed by atoms with Gasteiger partial charge in [-0.3, -0.25) is 9.89 Å². The zero-order valence-electron chi connectivity index (χ0n) is 19.8. The van der Waals surface area contributed by atoms with Gasteiger partial charge >= 0.3 is 0 Å². The predicted octanol–water partition coefficient (Wildman–Crippen LogP) is 4.45. The van der Waals surface area contributed by atoms with E-state index >= 15 is 0 Å². The molecule has 2 N–H and O–H groups in total. The molecule has 180 valence electrons. The zero-order chi connectivity index (χ0) is 24.7. The summed E-state index contributed by atoms with van der Waals surface area (Å²) in [5, 5.41) is 18.0. The topological polar surface area (TPSA) is 110 Å². The standard InChI is InChI=1S/C26H25N3O6/c1-14-7-8-18(30)17(10-14)22-21-23(28-27-22)26(31)29(13-16-6-5-9-35-16)24(21)15-11-19(32-2)25(34-4)20(12-15)33-3/h5-12,24,30H,13H2,1-4H3,(H,27,28)/t24-/m1/s1. The van der Waals surface area contributed by atoms with Crippen LogP contribution in [0.25, 0.3) is 11.3 Å². The fourth-order valence-electron chi connectivity index (χ4n) is 4.58. The number of aromatic amines is 1. The third-order valence-electron chi connectivity index (χ3n) is 6.18. The van der Waals surface area contributed by atoms with E-state index in [-0.39, 0.29) is 18.2 Å². The number of rotatable bonds is 7. The molecule has 2 aromatic heterocycles. The molecule has 35 heavy (non-hydrogen) atoms. The van der Waals surface area contributed by atoms with Gasteiger partial charge in [0.2, 0.25) is 5.75 Å². The predicted molar refractivity (Wildman–Crippen MR) is 127 cm³/mol. The van der Waals surface area contributed by atoms with Crippen molar-refractivity contribution in [3.8, 4) is 34.3 Å². The van der Waals surface area contributed by atoms with Crippen molar-refractivity contribution in [3.05, 3.63) is 76.9 Å². The number of phenolic OH excluding ortho intramolecular Hbond substituents is 1. The number of benzene rings is 2. The van der Waals surface area contributed by atoms with Crippen LogP contribution in [0.3, 0.4) is 0 Å². The number of furan rings is 1. The number of aryl methyl sites for hydroxylation is 1. The molecule has 3 heterocycles. The molecule has 1 atom stereocenters. The van der Waals surface area contributed by atoms with Crippen molar-refractivity contribution in [2.75, 3.05) is 21.3 Å². The number of ether oxygens (including phenoxy) is 3. The Morgan fingerprint density at radius 3 is 2.46 bits per heavy atom. The first-order valence-corrected chi connectivity index (χ1v) is 11.0. The Labute approximate surface area is 201 Å². The van der Waals surface area contributed by atoms with Crippen molar-refractivity contribution < 1.29 is 28.5 Å². The van der Waals surface area contributed by atoms with Crippen molar-refractivity contribution in [2.24, 2.45) is 0 Å². The monoisotopic (exact) mass is 475 g/mol. The van der Waals surface area contributed by atoms with Crippen LogP contribution in [-0.2, 0) is 6.54 Å². The molecule has 0 radical (unpaired) electrons. The van der Waals surface area contributed by atoms with Crippen molar-refractivity contribution in [3.63, 3.8) is 0 Å². The van der Waals surface area contributed by atoms with E-state index < -0.39 is 6.04 Å². The quantitative estimate of drug-likeness (QED) is 0.406. The number of phenols is 1. The van der Waals surface area contributed by atoms with E-state index in [1.807, 2.05) is 37.3 Å². The average molecular weight is 476 g/mol. The van der Waals surface area contributed by atoms with Gasteiger partial charge in [-0.2, -0.15) is 5.10 Å². The van der Waals surface area contributed by atoms with Crippen LogP contribution < -0.4 is 14.2 Å². The van der Waals surface area contributed by atoms with Crippen LogP contribution in [-0.4, -0.2) is 47.4 Å². The Morgan fingerprint density at radius 2 is 1.83 bits per heavy atom. The number of H-pyrrole nitrogens is 1. The normalized spacial score (nSPS) is 14.8. The van der Waals surface area contributed by atoms with Gasteiger partial charge in [-0.15, -0.1) is 0 Å². The molecule has 0 saturated carbocycles. The summed E-state index contributed by atoms with van der Waals surface area (Å²) in [5.74, 6) is 1.85. The molecule has 0 unspecified atom stereocenters. The molecular weight excluding hydrogens is 450 g/mol. The van der Waals surface area contributed by atoms with Crippen LogP contribution in [0.15, 0.2) is 53.1 Å². The Kier molecular flexibility index (Phi) is 5.60. The number of methoxy groups -OCH3 is 3. The number of aromatic hydroxyl groups is 1. The highest BCUT2D eigenvalue weighted by Gasteiger charge is 2.43. The Bertz CT molecular complexity index is 1370. The summed E-state index contributed by atoms with van der Waals surface area (Å²) in [6.45, 7) is 2.16. The van der Waals surface area contributed by atoms with Crippen molar-refractivity contribution in [1.29, 1.82) is 0 Å². The molecule has 2 aromatic carbocycles. The molecular formula is C26H25N3O6. The van der Waals surface area contributed by atoms with Crippen LogP contribution in [0.5, 0.6) is 23.0 Å². The van der Waals surface area contributed by atoms with E-state index in [4.69, 9.17) is 18.6 Å². The Hall–Kier alpha value is -4.40. The van der Waals surface area contributed by atoms with Gasteiger partial charge in [0.15, 0.2) is 11.5 Å². The lowest BCUT2D eigenvalue weighted by Crippen LogP contribution is -2.29. The third kappa shape index (κ3) is 3.65. The number of fused-ring (bicyclic) bond motifs is 1. The van der Waals surface area contributed by atoms with E-state index in [0.717, 1.165) is 11.1 Å². The summed E-state index contributed by atoms with van der Waals surface area (Å²) in [5.41, 5.74) is 3.72. The van der Waals surface area contributed by atoms with E-state index in [0.29, 0.717) is 45.5 Å². The van der Waals surface area contributed by atoms with Crippen molar-refractivity contribution in [2.45, 2.75) is 19.5 Å². The number of nitrogens with one attached hydrogen (secondary N) is 1. The molecule has 0 aliphatic carbocycles. The van der Waals surface area contributed by atoms with E-state index in [9.17, 15) is 9.90 Å². The second-order valence-corrected chi connectivity index (χ2v) is 8.26. The summed E-state index contributed by atoms with van der Waals surface area (Å²) in [6, 6.07) is 11.9. The van der Waals surface area contributed by atoms with Gasteiger partial charge in [-0.25, -0.2) is 0 Å². The van der Waals surface area contributed by atoms with Gasteiger partial charge in [0.25, 0.3) is 5.91 Å². The van der Waals surface area contributed by atoms with E-state index in [1.165, 1.54) is 7.11 Å². The van der Waals surface area contributed by atoms with Gasteiger partial charge < -0.3 is 28.6 Å². The van der Waals surface area contributed by atoms with Gasteiger partial charge in [0, 0.05) is 11.1 Å².